The normalized spacial score (nSPS) is 11.9. The molecule has 0 bridgehead atoms. The summed E-state index contributed by atoms with van der Waals surface area (Å²) in [6.07, 6.45) is -1.38. The molecule has 0 spiro atoms. The van der Waals surface area contributed by atoms with E-state index in [1.54, 1.807) is 0 Å². The molecule has 1 aromatic carbocycles. The van der Waals surface area contributed by atoms with Crippen molar-refractivity contribution in [2.24, 2.45) is 0 Å². The zero-order valence-electron chi connectivity index (χ0n) is 9.51. The number of hydrogen-bond donors (Lipinski definition) is 3. The number of rotatable bonds is 5. The summed E-state index contributed by atoms with van der Waals surface area (Å²) in [6, 6.07) is 7.45. The Kier molecular flexibility index (Phi) is 4.66. The molecule has 1 atom stereocenters. The molecule has 1 unspecified atom stereocenters. The van der Waals surface area contributed by atoms with E-state index in [0.29, 0.717) is 0 Å². The monoisotopic (exact) mass is 237 g/mol. The van der Waals surface area contributed by atoms with Gasteiger partial charge in [0.2, 0.25) is 5.91 Å². The minimum atomic E-state index is -1.56. The van der Waals surface area contributed by atoms with Gasteiger partial charge in [-0.1, -0.05) is 24.3 Å². The molecule has 0 saturated carbocycles. The lowest BCUT2D eigenvalue weighted by molar-refractivity contribution is -0.146. The van der Waals surface area contributed by atoms with Crippen LogP contribution in [0.1, 0.15) is 11.1 Å². The van der Waals surface area contributed by atoms with E-state index in [-0.39, 0.29) is 18.9 Å². The summed E-state index contributed by atoms with van der Waals surface area (Å²) in [5.74, 6) is -1.65. The lowest BCUT2D eigenvalue weighted by atomic mass is 10.1. The number of hydrogen-bond acceptors (Lipinski definition) is 3. The standard InChI is InChI=1S/C12H15NO4/c1-8-4-2-3-5-9(8)6-11(15)13-7-10(14)12(16)17/h2-5,10,14H,6-7H2,1H3,(H,13,15)(H,16,17). The van der Waals surface area contributed by atoms with E-state index in [1.165, 1.54) is 0 Å². The molecule has 0 aliphatic carbocycles. The van der Waals surface area contributed by atoms with Crippen molar-refractivity contribution in [3.8, 4) is 0 Å². The zero-order valence-corrected chi connectivity index (χ0v) is 9.51. The number of carbonyl (C=O) groups is 2. The fourth-order valence-corrected chi connectivity index (χ4v) is 1.34. The summed E-state index contributed by atoms with van der Waals surface area (Å²) >= 11 is 0. The third-order valence-electron chi connectivity index (χ3n) is 2.39. The maximum absolute atomic E-state index is 11.5. The topological polar surface area (TPSA) is 86.6 Å². The van der Waals surface area contributed by atoms with Crippen LogP contribution in [0.5, 0.6) is 0 Å². The van der Waals surface area contributed by atoms with Crippen molar-refractivity contribution in [3.05, 3.63) is 35.4 Å². The van der Waals surface area contributed by atoms with Gasteiger partial charge in [0.05, 0.1) is 13.0 Å². The van der Waals surface area contributed by atoms with Crippen molar-refractivity contribution in [1.82, 2.24) is 5.32 Å². The number of aliphatic hydroxyl groups excluding tert-OH is 1. The van der Waals surface area contributed by atoms with E-state index >= 15 is 0 Å². The van der Waals surface area contributed by atoms with E-state index in [1.807, 2.05) is 31.2 Å². The Bertz CT molecular complexity index is 417. The van der Waals surface area contributed by atoms with Gasteiger partial charge in [-0.2, -0.15) is 0 Å². The molecule has 0 aliphatic rings. The summed E-state index contributed by atoms with van der Waals surface area (Å²) in [5, 5.41) is 19.8. The molecule has 0 fully saturated rings. The van der Waals surface area contributed by atoms with Gasteiger partial charge in [0.25, 0.3) is 0 Å². The average molecular weight is 237 g/mol. The third-order valence-corrected chi connectivity index (χ3v) is 2.39. The first kappa shape index (κ1) is 13.2. The second kappa shape index (κ2) is 6.00. The van der Waals surface area contributed by atoms with Gasteiger partial charge in [-0.25, -0.2) is 4.79 Å². The molecular weight excluding hydrogens is 222 g/mol. The first-order chi connectivity index (χ1) is 8.00. The minimum Gasteiger partial charge on any atom is -0.479 e. The fourth-order valence-electron chi connectivity index (χ4n) is 1.34. The Balaban J connectivity index is 2.46. The fraction of sp³-hybridized carbons (Fsp3) is 0.333. The number of carboxylic acid groups (broad SMARTS) is 1. The molecule has 1 amide bonds. The van der Waals surface area contributed by atoms with Crippen LogP contribution < -0.4 is 5.32 Å². The maximum atomic E-state index is 11.5. The summed E-state index contributed by atoms with van der Waals surface area (Å²) in [4.78, 5) is 21.8. The highest BCUT2D eigenvalue weighted by Crippen LogP contribution is 2.07. The van der Waals surface area contributed by atoms with Gasteiger partial charge in [-0.3, -0.25) is 4.79 Å². The van der Waals surface area contributed by atoms with Gasteiger partial charge in [0.15, 0.2) is 6.10 Å². The lowest BCUT2D eigenvalue weighted by Gasteiger charge is -2.09. The zero-order chi connectivity index (χ0) is 12.8. The summed E-state index contributed by atoms with van der Waals surface area (Å²) < 4.78 is 0. The number of aliphatic hydroxyl groups is 1. The number of carboxylic acids is 1. The van der Waals surface area contributed by atoms with Crippen LogP contribution in [-0.4, -0.2) is 34.7 Å². The van der Waals surface area contributed by atoms with Crippen LogP contribution in [0.25, 0.3) is 0 Å². The molecule has 0 aromatic heterocycles. The van der Waals surface area contributed by atoms with Crippen molar-refractivity contribution in [1.29, 1.82) is 0 Å². The van der Waals surface area contributed by atoms with Crippen LogP contribution in [0, 0.1) is 6.92 Å². The van der Waals surface area contributed by atoms with E-state index < -0.39 is 12.1 Å². The number of amides is 1. The van der Waals surface area contributed by atoms with Crippen LogP contribution >= 0.6 is 0 Å². The minimum absolute atomic E-state index is 0.180. The highest BCUT2D eigenvalue weighted by molar-refractivity contribution is 5.80. The van der Waals surface area contributed by atoms with Crippen LogP contribution in [-0.2, 0) is 16.0 Å². The van der Waals surface area contributed by atoms with E-state index in [2.05, 4.69) is 5.32 Å². The first-order valence-corrected chi connectivity index (χ1v) is 5.22. The van der Waals surface area contributed by atoms with Crippen molar-refractivity contribution in [3.63, 3.8) is 0 Å². The SMILES string of the molecule is Cc1ccccc1CC(=O)NCC(O)C(=O)O. The molecule has 92 valence electrons. The Morgan fingerprint density at radius 3 is 2.59 bits per heavy atom. The molecule has 3 N–H and O–H groups in total. The summed E-state index contributed by atoms with van der Waals surface area (Å²) in [7, 11) is 0. The predicted octanol–water partition coefficient (Wildman–Crippen LogP) is 0.0992. The van der Waals surface area contributed by atoms with Gasteiger partial charge in [0, 0.05) is 0 Å². The first-order valence-electron chi connectivity index (χ1n) is 5.22. The Morgan fingerprint density at radius 2 is 2.00 bits per heavy atom. The maximum Gasteiger partial charge on any atom is 0.334 e. The third kappa shape index (κ3) is 4.24. The van der Waals surface area contributed by atoms with Crippen LogP contribution in [0.2, 0.25) is 0 Å². The van der Waals surface area contributed by atoms with E-state index in [4.69, 9.17) is 10.2 Å². The molecular formula is C12H15NO4. The van der Waals surface area contributed by atoms with Gasteiger partial charge < -0.3 is 15.5 Å². The Morgan fingerprint density at radius 1 is 1.35 bits per heavy atom. The van der Waals surface area contributed by atoms with Gasteiger partial charge in [-0.15, -0.1) is 0 Å². The second-order valence-electron chi connectivity index (χ2n) is 3.76. The van der Waals surface area contributed by atoms with Gasteiger partial charge in [0.1, 0.15) is 0 Å². The quantitative estimate of drug-likeness (QED) is 0.678. The molecule has 0 aliphatic heterocycles. The average Bonchev–Trinajstić information content (AvgIpc) is 2.29. The van der Waals surface area contributed by atoms with Gasteiger partial charge >= 0.3 is 5.97 Å². The number of aryl methyl sites for hydroxylation is 1. The molecule has 1 rings (SSSR count). The molecule has 17 heavy (non-hydrogen) atoms. The Hall–Kier alpha value is -1.88. The van der Waals surface area contributed by atoms with Crippen LogP contribution in [0.15, 0.2) is 24.3 Å². The number of nitrogens with one attached hydrogen (secondary N) is 1. The molecule has 0 saturated heterocycles. The van der Waals surface area contributed by atoms with Crippen molar-refractivity contribution < 1.29 is 19.8 Å². The lowest BCUT2D eigenvalue weighted by Crippen LogP contribution is -2.37. The highest BCUT2D eigenvalue weighted by Gasteiger charge is 2.14. The summed E-state index contributed by atoms with van der Waals surface area (Å²) in [6.45, 7) is 1.62. The molecule has 1 aromatic rings. The van der Waals surface area contributed by atoms with Crippen LogP contribution in [0.3, 0.4) is 0 Å². The van der Waals surface area contributed by atoms with Crippen molar-refractivity contribution in [2.75, 3.05) is 6.54 Å². The molecule has 0 heterocycles. The number of carbonyl (C=O) groups excluding carboxylic acids is 1. The molecule has 0 radical (unpaired) electrons. The van der Waals surface area contributed by atoms with Crippen molar-refractivity contribution in [2.45, 2.75) is 19.4 Å². The van der Waals surface area contributed by atoms with Gasteiger partial charge in [-0.05, 0) is 18.1 Å². The van der Waals surface area contributed by atoms with E-state index in [9.17, 15) is 9.59 Å². The number of benzene rings is 1. The Labute approximate surface area is 99.1 Å². The molecule has 5 nitrogen and oxygen atoms in total. The largest absolute Gasteiger partial charge is 0.479 e. The predicted molar refractivity (Wildman–Crippen MR) is 61.5 cm³/mol. The smallest absolute Gasteiger partial charge is 0.334 e. The summed E-state index contributed by atoms with van der Waals surface area (Å²) in [5.41, 5.74) is 1.89. The van der Waals surface area contributed by atoms with Crippen molar-refractivity contribution >= 4 is 11.9 Å². The van der Waals surface area contributed by atoms with E-state index in [0.717, 1.165) is 11.1 Å². The number of aliphatic carboxylic acids is 1. The molecule has 5 heteroatoms. The highest BCUT2D eigenvalue weighted by atomic mass is 16.4. The second-order valence-corrected chi connectivity index (χ2v) is 3.76. The van der Waals surface area contributed by atoms with Crippen LogP contribution in [0.4, 0.5) is 0 Å².